The fourth-order valence-corrected chi connectivity index (χ4v) is 5.33. The number of hydrogen-bond acceptors (Lipinski definition) is 1. The maximum atomic E-state index is 11.7. The monoisotopic (exact) mass is 278 g/mol. The Morgan fingerprint density at radius 1 is 1.29 bits per heavy atom. The van der Waals surface area contributed by atoms with Crippen LogP contribution in [0.5, 0.6) is 0 Å². The molecule has 0 aliphatic heterocycles. The van der Waals surface area contributed by atoms with Crippen molar-refractivity contribution in [3.05, 3.63) is 34.4 Å². The van der Waals surface area contributed by atoms with Crippen LogP contribution in [-0.2, 0) is 4.79 Å². The van der Waals surface area contributed by atoms with Crippen LogP contribution in [0.25, 0.3) is 0 Å². The van der Waals surface area contributed by atoms with Gasteiger partial charge < -0.3 is 0 Å². The Labute approximate surface area is 127 Å². The molecule has 4 aliphatic rings. The van der Waals surface area contributed by atoms with Crippen molar-refractivity contribution < 1.29 is 4.79 Å². The molecular weight excluding hydrogens is 256 g/mol. The molecule has 108 valence electrons. The van der Waals surface area contributed by atoms with Crippen molar-refractivity contribution in [2.45, 2.75) is 51.9 Å². The fourth-order valence-electron chi connectivity index (χ4n) is 5.33. The van der Waals surface area contributed by atoms with Crippen LogP contribution in [0.1, 0.15) is 51.9 Å². The molecule has 0 N–H and O–H groups in total. The molecular formula is C20H22O. The minimum atomic E-state index is 0.231. The highest BCUT2D eigenvalue weighted by molar-refractivity contribution is 5.93. The molecule has 0 spiro atoms. The van der Waals surface area contributed by atoms with Gasteiger partial charge >= 0.3 is 0 Å². The Kier molecular flexibility index (Phi) is 2.80. The highest BCUT2D eigenvalue weighted by Gasteiger charge is 2.49. The van der Waals surface area contributed by atoms with Gasteiger partial charge in [-0.1, -0.05) is 24.5 Å². The summed E-state index contributed by atoms with van der Waals surface area (Å²) in [5.41, 5.74) is 6.05. The lowest BCUT2D eigenvalue weighted by Gasteiger charge is -2.47. The van der Waals surface area contributed by atoms with Crippen molar-refractivity contribution in [3.63, 3.8) is 0 Å². The SMILES string of the molecule is C#CC1=CCC2C3CCC4=CC(=O)CCC4=C3CC[C@]12C. The lowest BCUT2D eigenvalue weighted by molar-refractivity contribution is -0.114. The van der Waals surface area contributed by atoms with Gasteiger partial charge in [-0.2, -0.15) is 0 Å². The van der Waals surface area contributed by atoms with Gasteiger partial charge in [-0.25, -0.2) is 0 Å². The predicted molar refractivity (Wildman–Crippen MR) is 84.4 cm³/mol. The minimum Gasteiger partial charge on any atom is -0.295 e. The highest BCUT2D eigenvalue weighted by atomic mass is 16.1. The van der Waals surface area contributed by atoms with Crippen molar-refractivity contribution in [2.75, 3.05) is 0 Å². The second kappa shape index (κ2) is 4.47. The van der Waals surface area contributed by atoms with E-state index in [1.807, 2.05) is 6.08 Å². The molecule has 0 aromatic heterocycles. The minimum absolute atomic E-state index is 0.231. The van der Waals surface area contributed by atoms with E-state index in [0.717, 1.165) is 19.3 Å². The van der Waals surface area contributed by atoms with Crippen LogP contribution in [0, 0.1) is 29.6 Å². The average molecular weight is 278 g/mol. The van der Waals surface area contributed by atoms with E-state index in [1.54, 1.807) is 11.1 Å². The van der Waals surface area contributed by atoms with Crippen LogP contribution in [0.15, 0.2) is 34.4 Å². The molecule has 0 saturated heterocycles. The van der Waals surface area contributed by atoms with E-state index in [1.165, 1.54) is 30.4 Å². The first kappa shape index (κ1) is 13.1. The number of terminal acetylenes is 1. The summed E-state index contributed by atoms with van der Waals surface area (Å²) in [6.07, 6.45) is 17.5. The number of carbonyl (C=O) groups is 1. The van der Waals surface area contributed by atoms with Crippen LogP contribution in [0.4, 0.5) is 0 Å². The molecule has 0 aromatic rings. The van der Waals surface area contributed by atoms with Crippen LogP contribution < -0.4 is 0 Å². The number of hydrogen-bond donors (Lipinski definition) is 0. The van der Waals surface area contributed by atoms with E-state index in [0.29, 0.717) is 24.0 Å². The van der Waals surface area contributed by atoms with Crippen LogP contribution in [0.3, 0.4) is 0 Å². The number of allylic oxidation sites excluding steroid dienone is 6. The van der Waals surface area contributed by atoms with E-state index in [-0.39, 0.29) is 5.41 Å². The quantitative estimate of drug-likeness (QED) is 0.602. The molecule has 1 heteroatoms. The second-order valence-corrected chi connectivity index (χ2v) is 7.31. The van der Waals surface area contributed by atoms with Crippen molar-refractivity contribution in [1.82, 2.24) is 0 Å². The van der Waals surface area contributed by atoms with Gasteiger partial charge in [-0.15, -0.1) is 6.42 Å². The van der Waals surface area contributed by atoms with Gasteiger partial charge in [0, 0.05) is 17.4 Å². The van der Waals surface area contributed by atoms with Gasteiger partial charge in [0.2, 0.25) is 0 Å². The number of carbonyl (C=O) groups excluding carboxylic acids is 1. The van der Waals surface area contributed by atoms with Crippen LogP contribution >= 0.6 is 0 Å². The Morgan fingerprint density at radius 3 is 2.95 bits per heavy atom. The number of fused-ring (bicyclic) bond motifs is 4. The molecule has 3 atom stereocenters. The summed E-state index contributed by atoms with van der Waals surface area (Å²) < 4.78 is 0. The molecule has 1 fully saturated rings. The topological polar surface area (TPSA) is 17.1 Å². The average Bonchev–Trinajstić information content (AvgIpc) is 2.83. The third kappa shape index (κ3) is 1.75. The van der Waals surface area contributed by atoms with E-state index in [9.17, 15) is 4.79 Å². The molecule has 1 saturated carbocycles. The molecule has 4 rings (SSSR count). The van der Waals surface area contributed by atoms with Crippen molar-refractivity contribution in [3.8, 4) is 12.3 Å². The molecule has 0 aromatic carbocycles. The molecule has 2 unspecified atom stereocenters. The van der Waals surface area contributed by atoms with Gasteiger partial charge in [-0.05, 0) is 67.6 Å². The van der Waals surface area contributed by atoms with Gasteiger partial charge in [0.15, 0.2) is 5.78 Å². The number of ketones is 1. The van der Waals surface area contributed by atoms with Gasteiger partial charge in [0.1, 0.15) is 0 Å². The first-order chi connectivity index (χ1) is 10.1. The summed E-state index contributed by atoms with van der Waals surface area (Å²) in [5.74, 6) is 4.67. The zero-order valence-electron chi connectivity index (χ0n) is 12.7. The summed E-state index contributed by atoms with van der Waals surface area (Å²) in [4.78, 5) is 11.7. The van der Waals surface area contributed by atoms with E-state index in [2.05, 4.69) is 18.9 Å². The van der Waals surface area contributed by atoms with Crippen molar-refractivity contribution >= 4 is 5.78 Å². The van der Waals surface area contributed by atoms with E-state index in [4.69, 9.17) is 6.42 Å². The molecule has 21 heavy (non-hydrogen) atoms. The Balaban J connectivity index is 1.74. The van der Waals surface area contributed by atoms with Crippen molar-refractivity contribution in [1.29, 1.82) is 0 Å². The van der Waals surface area contributed by atoms with Crippen LogP contribution in [-0.4, -0.2) is 5.78 Å². The molecule has 0 amide bonds. The second-order valence-electron chi connectivity index (χ2n) is 7.31. The third-order valence-electron chi connectivity index (χ3n) is 6.47. The van der Waals surface area contributed by atoms with E-state index < -0.39 is 0 Å². The van der Waals surface area contributed by atoms with Crippen molar-refractivity contribution in [2.24, 2.45) is 17.3 Å². The molecule has 0 bridgehead atoms. The zero-order valence-corrected chi connectivity index (χ0v) is 12.7. The molecule has 4 aliphatic carbocycles. The van der Waals surface area contributed by atoms with Gasteiger partial charge in [0.05, 0.1) is 0 Å². The maximum absolute atomic E-state index is 11.7. The third-order valence-corrected chi connectivity index (χ3v) is 6.47. The highest BCUT2D eigenvalue weighted by Crippen LogP contribution is 2.59. The maximum Gasteiger partial charge on any atom is 0.156 e. The fraction of sp³-hybridized carbons (Fsp3) is 0.550. The Hall–Kier alpha value is -1.55. The lowest BCUT2D eigenvalue weighted by Crippen LogP contribution is -2.38. The summed E-state index contributed by atoms with van der Waals surface area (Å²) in [6, 6.07) is 0. The molecule has 0 heterocycles. The van der Waals surface area contributed by atoms with Crippen LogP contribution in [0.2, 0.25) is 0 Å². The Morgan fingerprint density at radius 2 is 2.14 bits per heavy atom. The first-order valence-electron chi connectivity index (χ1n) is 8.26. The Bertz CT molecular complexity index is 652. The summed E-state index contributed by atoms with van der Waals surface area (Å²) >= 11 is 0. The predicted octanol–water partition coefficient (Wildman–Crippen LogP) is 4.36. The largest absolute Gasteiger partial charge is 0.295 e. The molecule has 0 radical (unpaired) electrons. The van der Waals surface area contributed by atoms with Gasteiger partial charge in [0.25, 0.3) is 0 Å². The normalized spacial score (nSPS) is 38.0. The zero-order chi connectivity index (χ0) is 14.6. The molecule has 1 nitrogen and oxygen atoms in total. The summed E-state index contributed by atoms with van der Waals surface area (Å²) in [5, 5.41) is 0. The summed E-state index contributed by atoms with van der Waals surface area (Å²) in [6.45, 7) is 2.38. The lowest BCUT2D eigenvalue weighted by atomic mass is 9.56. The van der Waals surface area contributed by atoms with Gasteiger partial charge in [-0.3, -0.25) is 4.79 Å². The van der Waals surface area contributed by atoms with E-state index >= 15 is 0 Å². The number of rotatable bonds is 0. The standard InChI is InChI=1S/C20H22O/c1-3-14-5-9-19-18-7-4-13-12-15(21)6-8-16(13)17(18)10-11-20(14,19)2/h1,5,12,18-19H,4,6-11H2,2H3/t18?,19?,20-/m1/s1. The smallest absolute Gasteiger partial charge is 0.156 e. The first-order valence-corrected chi connectivity index (χ1v) is 8.26. The summed E-state index contributed by atoms with van der Waals surface area (Å²) in [7, 11) is 0.